The molecular weight excluding hydrogens is 311 g/mol. The Morgan fingerprint density at radius 2 is 1.79 bits per heavy atom. The zero-order valence-electron chi connectivity index (χ0n) is 11.2. The van der Waals surface area contributed by atoms with Gasteiger partial charge in [0.15, 0.2) is 0 Å². The van der Waals surface area contributed by atoms with Gasteiger partial charge in [0.05, 0.1) is 26.2 Å². The van der Waals surface area contributed by atoms with Crippen molar-refractivity contribution in [2.24, 2.45) is 0 Å². The van der Waals surface area contributed by atoms with Crippen molar-refractivity contribution in [2.45, 2.75) is 32.4 Å². The molecule has 6 nitrogen and oxygen atoms in total. The number of esters is 2. The molecule has 0 aliphatic rings. The minimum absolute atomic E-state index is 0.182. The van der Waals surface area contributed by atoms with E-state index in [0.717, 1.165) is 11.4 Å². The minimum atomic E-state index is -3.16. The summed E-state index contributed by atoms with van der Waals surface area (Å²) in [6.45, 7) is 5.64. The predicted octanol–water partition coefficient (Wildman–Crippen LogP) is 1.86. The third-order valence-electron chi connectivity index (χ3n) is 1.76. The molecule has 0 spiro atoms. The lowest BCUT2D eigenvalue weighted by molar-refractivity contribution is -0.149. The molecule has 2 unspecified atom stereocenters. The second kappa shape index (κ2) is 9.72. The summed E-state index contributed by atoms with van der Waals surface area (Å²) in [4.78, 5) is 33.0. The second-order valence-corrected chi connectivity index (χ2v) is 9.51. The molecular formula is C10H19O6PS2. The van der Waals surface area contributed by atoms with E-state index in [-0.39, 0.29) is 26.2 Å². The molecule has 0 saturated carbocycles. The average molecular weight is 330 g/mol. The van der Waals surface area contributed by atoms with E-state index in [1.807, 2.05) is 0 Å². The molecule has 112 valence electrons. The smallest absolute Gasteiger partial charge is 0.320 e. The van der Waals surface area contributed by atoms with Gasteiger partial charge >= 0.3 is 11.9 Å². The number of hydrogen-bond acceptors (Lipinski definition) is 7. The van der Waals surface area contributed by atoms with Gasteiger partial charge in [-0.25, -0.2) is 0 Å². The maximum absolute atomic E-state index is 11.7. The Morgan fingerprint density at radius 3 is 2.26 bits per heavy atom. The van der Waals surface area contributed by atoms with E-state index in [2.05, 4.69) is 0 Å². The third kappa shape index (κ3) is 8.60. The first-order valence-corrected chi connectivity index (χ1v) is 10.00. The normalized spacial score (nSPS) is 15.4. The van der Waals surface area contributed by atoms with Crippen LogP contribution in [0, 0.1) is 0 Å². The van der Waals surface area contributed by atoms with Crippen molar-refractivity contribution in [1.29, 1.82) is 0 Å². The molecule has 19 heavy (non-hydrogen) atoms. The van der Waals surface area contributed by atoms with Crippen LogP contribution in [-0.2, 0) is 35.4 Å². The van der Waals surface area contributed by atoms with E-state index in [0.29, 0.717) is 0 Å². The second-order valence-electron chi connectivity index (χ2n) is 3.24. The van der Waals surface area contributed by atoms with Crippen molar-refractivity contribution in [3.63, 3.8) is 0 Å². The van der Waals surface area contributed by atoms with E-state index in [1.165, 1.54) is 0 Å². The Morgan fingerprint density at radius 1 is 1.21 bits per heavy atom. The monoisotopic (exact) mass is 330 g/mol. The molecule has 0 saturated heterocycles. The lowest BCUT2D eigenvalue weighted by Crippen LogP contribution is -2.24. The number of carbonyl (C=O) groups is 2. The first kappa shape index (κ1) is 18.9. The van der Waals surface area contributed by atoms with Gasteiger partial charge in [-0.15, -0.1) is 0 Å². The molecule has 0 aromatic heterocycles. The Balaban J connectivity index is 4.71. The van der Waals surface area contributed by atoms with Gasteiger partial charge < -0.3 is 18.9 Å². The molecule has 0 heterocycles. The summed E-state index contributed by atoms with van der Waals surface area (Å²) in [5.74, 6) is -1.15. The summed E-state index contributed by atoms with van der Waals surface area (Å²) in [6, 6.07) is 0. The maximum Gasteiger partial charge on any atom is 0.320 e. The molecule has 2 atom stereocenters. The van der Waals surface area contributed by atoms with Crippen LogP contribution in [0.4, 0.5) is 0 Å². The van der Waals surface area contributed by atoms with Crippen molar-refractivity contribution in [1.82, 2.24) is 0 Å². The van der Waals surface area contributed by atoms with E-state index in [9.17, 15) is 14.5 Å². The summed E-state index contributed by atoms with van der Waals surface area (Å²) < 4.78 is 14.6. The highest BCUT2D eigenvalue weighted by molar-refractivity contribution is 8.68. The highest BCUT2D eigenvalue weighted by Crippen LogP contribution is 2.58. The van der Waals surface area contributed by atoms with E-state index < -0.39 is 22.9 Å². The fourth-order valence-corrected chi connectivity index (χ4v) is 5.39. The van der Waals surface area contributed by atoms with Crippen LogP contribution in [0.2, 0.25) is 0 Å². The standard InChI is InChI=1S/C10H19O6PS2/c1-4-14-9(11)7-8(10(12)15-5-2)19-17(13,18)16-6-3/h8H,4-7H2,1-3H3,(H,13,18). The maximum atomic E-state index is 11.7. The molecule has 0 aliphatic carbocycles. The van der Waals surface area contributed by atoms with Crippen LogP contribution in [-0.4, -0.2) is 41.9 Å². The number of hydrogen-bond donors (Lipinski definition) is 1. The minimum Gasteiger partial charge on any atom is -0.466 e. The fraction of sp³-hybridized carbons (Fsp3) is 0.800. The van der Waals surface area contributed by atoms with Crippen LogP contribution in [0.1, 0.15) is 27.2 Å². The summed E-state index contributed by atoms with van der Waals surface area (Å²) in [7, 11) is 0. The summed E-state index contributed by atoms with van der Waals surface area (Å²) in [5, 5.41) is -0.915. The van der Waals surface area contributed by atoms with Crippen LogP contribution >= 0.6 is 17.1 Å². The van der Waals surface area contributed by atoms with Gasteiger partial charge in [-0.1, -0.05) is 11.4 Å². The van der Waals surface area contributed by atoms with Crippen molar-refractivity contribution < 1.29 is 28.5 Å². The molecule has 0 amide bonds. The molecule has 0 fully saturated rings. The van der Waals surface area contributed by atoms with Crippen LogP contribution in [0.15, 0.2) is 0 Å². The molecule has 0 aliphatic heterocycles. The number of rotatable bonds is 9. The van der Waals surface area contributed by atoms with Gasteiger partial charge in [-0.2, -0.15) is 0 Å². The zero-order valence-corrected chi connectivity index (χ0v) is 13.7. The van der Waals surface area contributed by atoms with Crippen LogP contribution in [0.5, 0.6) is 0 Å². The molecule has 0 aromatic carbocycles. The summed E-state index contributed by atoms with van der Waals surface area (Å²) in [5.41, 5.74) is -3.16. The van der Waals surface area contributed by atoms with Gasteiger partial charge in [0.1, 0.15) is 5.25 Å². The number of carbonyl (C=O) groups excluding carboxylic acids is 2. The Kier molecular flexibility index (Phi) is 9.64. The summed E-state index contributed by atoms with van der Waals surface area (Å²) >= 11 is 5.64. The van der Waals surface area contributed by atoms with Crippen molar-refractivity contribution in [2.75, 3.05) is 19.8 Å². The van der Waals surface area contributed by atoms with Gasteiger partial charge in [0, 0.05) is 0 Å². The first-order valence-electron chi connectivity index (χ1n) is 5.84. The highest BCUT2D eigenvalue weighted by atomic mass is 32.9. The molecule has 0 aromatic rings. The molecule has 9 heteroatoms. The van der Waals surface area contributed by atoms with Gasteiger partial charge in [0.25, 0.3) is 0 Å². The fourth-order valence-electron chi connectivity index (χ4n) is 1.12. The topological polar surface area (TPSA) is 82.1 Å². The van der Waals surface area contributed by atoms with E-state index in [4.69, 9.17) is 25.8 Å². The van der Waals surface area contributed by atoms with Crippen LogP contribution in [0.3, 0.4) is 0 Å². The van der Waals surface area contributed by atoms with Crippen molar-refractivity contribution in [3.8, 4) is 0 Å². The predicted molar refractivity (Wildman–Crippen MR) is 77.4 cm³/mol. The van der Waals surface area contributed by atoms with Gasteiger partial charge in [-0.05, 0) is 32.6 Å². The summed E-state index contributed by atoms with van der Waals surface area (Å²) in [6.07, 6.45) is -0.205. The molecule has 1 N–H and O–H groups in total. The average Bonchev–Trinajstić information content (AvgIpc) is 2.28. The quantitative estimate of drug-likeness (QED) is 0.507. The van der Waals surface area contributed by atoms with Gasteiger partial charge in [-0.3, -0.25) is 9.59 Å². The molecule has 0 bridgehead atoms. The molecule has 0 rings (SSSR count). The van der Waals surface area contributed by atoms with E-state index in [1.54, 1.807) is 20.8 Å². The van der Waals surface area contributed by atoms with Crippen LogP contribution in [0.25, 0.3) is 0 Å². The molecule has 0 radical (unpaired) electrons. The SMILES string of the molecule is CCOC(=O)CC(SP(O)(=S)OCC)C(=O)OCC. The largest absolute Gasteiger partial charge is 0.466 e. The van der Waals surface area contributed by atoms with Crippen LogP contribution < -0.4 is 0 Å². The van der Waals surface area contributed by atoms with Crippen molar-refractivity contribution >= 4 is 40.8 Å². The third-order valence-corrected chi connectivity index (χ3v) is 6.19. The van der Waals surface area contributed by atoms with Gasteiger partial charge in [0.2, 0.25) is 5.69 Å². The highest BCUT2D eigenvalue weighted by Gasteiger charge is 2.31. The Labute approximate surface area is 122 Å². The Hall–Kier alpha value is -0.140. The number of ether oxygens (including phenoxy) is 2. The first-order chi connectivity index (χ1) is 8.86. The van der Waals surface area contributed by atoms with E-state index >= 15 is 0 Å². The van der Waals surface area contributed by atoms with Crippen molar-refractivity contribution in [3.05, 3.63) is 0 Å². The Bertz CT molecular complexity index is 349. The lowest BCUT2D eigenvalue weighted by Gasteiger charge is -2.19. The zero-order chi connectivity index (χ0) is 14.9. The lowest BCUT2D eigenvalue weighted by atomic mass is 10.3.